The van der Waals surface area contributed by atoms with Crippen molar-refractivity contribution in [3.8, 4) is 45.9 Å². The SMILES string of the molecule is COc1ccc2c(=O)n(CCN(C)CCn3c(C#N)c(-c4ccccc4)c4cc(OC)ccc4c3=O)c(C#N)c(-c3ccccc3)c2c1. The molecule has 0 bridgehead atoms. The van der Waals surface area contributed by atoms with Gasteiger partial charge in [-0.05, 0) is 54.6 Å². The molecule has 48 heavy (non-hydrogen) atoms. The van der Waals surface area contributed by atoms with Gasteiger partial charge in [-0.3, -0.25) is 18.7 Å². The highest BCUT2D eigenvalue weighted by Gasteiger charge is 2.21. The van der Waals surface area contributed by atoms with E-state index in [4.69, 9.17) is 9.47 Å². The first-order valence-electron chi connectivity index (χ1n) is 15.5. The second-order valence-electron chi connectivity index (χ2n) is 11.4. The molecule has 0 aliphatic rings. The second-order valence-corrected chi connectivity index (χ2v) is 11.4. The summed E-state index contributed by atoms with van der Waals surface area (Å²) < 4.78 is 13.9. The zero-order chi connectivity index (χ0) is 33.8. The number of methoxy groups -OCH3 is 2. The third kappa shape index (κ3) is 5.79. The van der Waals surface area contributed by atoms with Gasteiger partial charge in [0.1, 0.15) is 35.0 Å². The number of ether oxygens (including phenoxy) is 2. The average molecular weight is 636 g/mol. The summed E-state index contributed by atoms with van der Waals surface area (Å²) in [5.74, 6) is 1.19. The van der Waals surface area contributed by atoms with Crippen LogP contribution in [0.15, 0.2) is 107 Å². The largest absolute Gasteiger partial charge is 0.497 e. The molecule has 0 fully saturated rings. The number of hydrogen-bond donors (Lipinski definition) is 0. The summed E-state index contributed by atoms with van der Waals surface area (Å²) in [6.07, 6.45) is 0. The Hall–Kier alpha value is -6.16. The zero-order valence-electron chi connectivity index (χ0n) is 26.9. The molecule has 0 aliphatic heterocycles. The van der Waals surface area contributed by atoms with Crippen molar-refractivity contribution >= 4 is 21.5 Å². The van der Waals surface area contributed by atoms with Gasteiger partial charge in [-0.1, -0.05) is 60.7 Å². The zero-order valence-corrected chi connectivity index (χ0v) is 26.9. The van der Waals surface area contributed by atoms with Crippen molar-refractivity contribution < 1.29 is 9.47 Å². The minimum atomic E-state index is -0.266. The van der Waals surface area contributed by atoms with Crippen molar-refractivity contribution in [2.45, 2.75) is 13.1 Å². The Morgan fingerprint density at radius 1 is 0.604 bits per heavy atom. The Morgan fingerprint density at radius 3 is 1.35 bits per heavy atom. The summed E-state index contributed by atoms with van der Waals surface area (Å²) in [4.78, 5) is 29.6. The van der Waals surface area contributed by atoms with Crippen molar-refractivity contribution in [3.63, 3.8) is 0 Å². The van der Waals surface area contributed by atoms with Gasteiger partial charge in [0, 0.05) is 58.9 Å². The first-order valence-corrected chi connectivity index (χ1v) is 15.5. The second kappa shape index (κ2) is 13.7. The van der Waals surface area contributed by atoms with E-state index in [2.05, 4.69) is 12.1 Å². The van der Waals surface area contributed by atoms with Gasteiger partial charge in [-0.15, -0.1) is 0 Å². The lowest BCUT2D eigenvalue weighted by Gasteiger charge is -2.22. The first-order chi connectivity index (χ1) is 23.4. The number of rotatable bonds is 10. The number of hydrogen-bond acceptors (Lipinski definition) is 7. The van der Waals surface area contributed by atoms with Crippen LogP contribution in [0.25, 0.3) is 43.8 Å². The molecule has 0 amide bonds. The molecule has 238 valence electrons. The summed E-state index contributed by atoms with van der Waals surface area (Å²) >= 11 is 0. The van der Waals surface area contributed by atoms with Gasteiger partial charge in [0.25, 0.3) is 11.1 Å². The number of benzene rings is 4. The van der Waals surface area contributed by atoms with E-state index >= 15 is 0 Å². The van der Waals surface area contributed by atoms with Crippen molar-refractivity contribution in [1.82, 2.24) is 14.0 Å². The fraction of sp³-hybridized carbons (Fsp3) is 0.179. The number of nitriles is 2. The summed E-state index contributed by atoms with van der Waals surface area (Å²) in [5, 5.41) is 23.0. The third-order valence-corrected chi connectivity index (χ3v) is 8.70. The molecule has 0 spiro atoms. The normalized spacial score (nSPS) is 11.0. The first kappa shape index (κ1) is 31.8. The van der Waals surface area contributed by atoms with E-state index in [1.165, 1.54) is 9.13 Å². The molecule has 2 heterocycles. The highest BCUT2D eigenvalue weighted by Crippen LogP contribution is 2.34. The van der Waals surface area contributed by atoms with Crippen molar-refractivity contribution in [2.24, 2.45) is 0 Å². The summed E-state index contributed by atoms with van der Waals surface area (Å²) in [7, 11) is 5.02. The predicted octanol–water partition coefficient (Wildman–Crippen LogP) is 6.04. The van der Waals surface area contributed by atoms with Crippen LogP contribution >= 0.6 is 0 Å². The van der Waals surface area contributed by atoms with Crippen LogP contribution in [-0.4, -0.2) is 48.4 Å². The molecule has 0 atom stereocenters. The Bertz CT molecular complexity index is 2180. The standard InChI is InChI=1S/C39H33N5O4/c1-42(18-20-43-34(24-40)36(26-10-6-4-7-11-26)32-22-28(47-2)14-16-30(32)38(43)45)19-21-44-35(25-41)37(27-12-8-5-9-13-27)33-23-29(48-3)15-17-31(33)39(44)46/h4-17,22-23H,18-21H2,1-3H3. The molecule has 9 nitrogen and oxygen atoms in total. The molecule has 0 saturated carbocycles. The molecular weight excluding hydrogens is 602 g/mol. The third-order valence-electron chi connectivity index (χ3n) is 8.70. The fourth-order valence-electron chi connectivity index (χ4n) is 6.21. The van der Waals surface area contributed by atoms with Gasteiger partial charge in [0.05, 0.1) is 14.2 Å². The summed E-state index contributed by atoms with van der Waals surface area (Å²) in [6, 6.07) is 34.2. The topological polar surface area (TPSA) is 113 Å². The molecule has 0 aliphatic carbocycles. The van der Waals surface area contributed by atoms with E-state index in [1.807, 2.05) is 72.6 Å². The smallest absolute Gasteiger partial charge is 0.259 e. The highest BCUT2D eigenvalue weighted by molar-refractivity contribution is 6.00. The molecular formula is C39H33N5O4. The number of likely N-dealkylation sites (N-methyl/N-ethyl adjacent to an activating group) is 1. The van der Waals surface area contributed by atoms with Crippen molar-refractivity contribution in [2.75, 3.05) is 34.4 Å². The van der Waals surface area contributed by atoms with Crippen LogP contribution < -0.4 is 20.6 Å². The van der Waals surface area contributed by atoms with Crippen LogP contribution in [0, 0.1) is 22.7 Å². The lowest BCUT2D eigenvalue weighted by Crippen LogP contribution is -2.34. The Morgan fingerprint density at radius 2 is 1.00 bits per heavy atom. The Labute approximate surface area is 277 Å². The summed E-state index contributed by atoms with van der Waals surface area (Å²) in [6.45, 7) is 1.31. The van der Waals surface area contributed by atoms with E-state index in [-0.39, 0.29) is 35.6 Å². The predicted molar refractivity (Wildman–Crippen MR) is 187 cm³/mol. The van der Waals surface area contributed by atoms with Crippen LogP contribution in [0.1, 0.15) is 11.4 Å². The van der Waals surface area contributed by atoms with Crippen LogP contribution in [0.5, 0.6) is 11.5 Å². The van der Waals surface area contributed by atoms with Gasteiger partial charge >= 0.3 is 0 Å². The number of pyridine rings is 2. The van der Waals surface area contributed by atoms with Crippen molar-refractivity contribution in [1.29, 1.82) is 10.5 Å². The van der Waals surface area contributed by atoms with Crippen LogP contribution in [0.2, 0.25) is 0 Å². The van der Waals surface area contributed by atoms with Gasteiger partial charge in [-0.2, -0.15) is 10.5 Å². The van der Waals surface area contributed by atoms with E-state index in [9.17, 15) is 20.1 Å². The molecule has 9 heteroatoms. The maximum Gasteiger partial charge on any atom is 0.259 e. The average Bonchev–Trinajstić information content (AvgIpc) is 3.13. The van der Waals surface area contributed by atoms with Crippen molar-refractivity contribution in [3.05, 3.63) is 129 Å². The quantitative estimate of drug-likeness (QED) is 0.180. The molecule has 0 unspecified atom stereocenters. The maximum atomic E-state index is 13.8. The van der Waals surface area contributed by atoms with Crippen LogP contribution in [0.4, 0.5) is 0 Å². The van der Waals surface area contributed by atoms with Gasteiger partial charge in [0.2, 0.25) is 0 Å². The highest BCUT2D eigenvalue weighted by atomic mass is 16.5. The monoisotopic (exact) mass is 635 g/mol. The molecule has 0 saturated heterocycles. The Balaban J connectivity index is 1.35. The Kier molecular flexibility index (Phi) is 9.06. The molecule has 0 N–H and O–H groups in total. The number of aromatic nitrogens is 2. The van der Waals surface area contributed by atoms with E-state index in [0.717, 1.165) is 11.1 Å². The van der Waals surface area contributed by atoms with E-state index in [0.29, 0.717) is 57.3 Å². The van der Waals surface area contributed by atoms with E-state index in [1.54, 1.807) is 50.6 Å². The molecule has 4 aromatic carbocycles. The lowest BCUT2D eigenvalue weighted by atomic mass is 9.96. The summed E-state index contributed by atoms with van der Waals surface area (Å²) in [5.41, 5.74) is 2.97. The van der Waals surface area contributed by atoms with Gasteiger partial charge in [0.15, 0.2) is 0 Å². The van der Waals surface area contributed by atoms with E-state index < -0.39 is 0 Å². The van der Waals surface area contributed by atoms with Crippen LogP contribution in [0.3, 0.4) is 0 Å². The number of fused-ring (bicyclic) bond motifs is 2. The van der Waals surface area contributed by atoms with Gasteiger partial charge < -0.3 is 14.4 Å². The van der Waals surface area contributed by atoms with Gasteiger partial charge in [-0.25, -0.2) is 0 Å². The molecule has 0 radical (unpaired) electrons. The molecule has 6 aromatic rings. The maximum absolute atomic E-state index is 13.8. The fourth-order valence-corrected chi connectivity index (χ4v) is 6.21. The van der Waals surface area contributed by atoms with Crippen LogP contribution in [-0.2, 0) is 13.1 Å². The minimum Gasteiger partial charge on any atom is -0.497 e. The molecule has 2 aromatic heterocycles. The number of nitrogens with zero attached hydrogens (tertiary/aromatic N) is 5. The molecule has 6 rings (SSSR count). The lowest BCUT2D eigenvalue weighted by molar-refractivity contribution is 0.302. The minimum absolute atomic E-state index is 0.243.